The highest BCUT2D eigenvalue weighted by Crippen LogP contribution is 2.50. The number of piperidine rings is 1. The number of aromatic nitrogens is 8. The summed E-state index contributed by atoms with van der Waals surface area (Å²) < 4.78 is 1.71. The van der Waals surface area contributed by atoms with Gasteiger partial charge >= 0.3 is 0 Å². The molecule has 2 atom stereocenters. The fraction of sp³-hybridized carbons (Fsp3) is 0.417. The molecular formula is C24H23N11O. The number of rotatable bonds is 4. The third-order valence-corrected chi connectivity index (χ3v) is 7.77. The van der Waals surface area contributed by atoms with Gasteiger partial charge in [0.1, 0.15) is 18.2 Å². The number of H-pyrrole nitrogens is 1. The van der Waals surface area contributed by atoms with Gasteiger partial charge in [0.25, 0.3) is 5.91 Å². The number of anilines is 1. The number of fused-ring (bicyclic) bond motifs is 3. The second-order valence-corrected chi connectivity index (χ2v) is 9.87. The summed E-state index contributed by atoms with van der Waals surface area (Å²) in [6.45, 7) is 0. The maximum absolute atomic E-state index is 13.1. The summed E-state index contributed by atoms with van der Waals surface area (Å²) in [5.74, 6) is 1.55. The fourth-order valence-corrected chi connectivity index (χ4v) is 6.04. The van der Waals surface area contributed by atoms with Gasteiger partial charge in [-0.1, -0.05) is 0 Å². The molecule has 1 aliphatic carbocycles. The number of hydrogen-bond donors (Lipinski definition) is 2. The Morgan fingerprint density at radius 2 is 1.81 bits per heavy atom. The van der Waals surface area contributed by atoms with E-state index in [4.69, 9.17) is 16.0 Å². The summed E-state index contributed by atoms with van der Waals surface area (Å²) in [4.78, 5) is 32.6. The van der Waals surface area contributed by atoms with E-state index in [9.17, 15) is 4.79 Å². The predicted molar refractivity (Wildman–Crippen MR) is 126 cm³/mol. The standard InChI is InChI=1S/C24H23N11O/c25-7-18-27-8-14(9-28-18)17-10-31-35-21(26)19(12-1-2-12)20(32-23(17)35)13-5-15-3-4-16(6-13)34(15)24(36)22-29-11-30-33-22/h8-13,15-16H,1-6,26H2,(H,29,30,33). The third kappa shape index (κ3) is 3.16. The zero-order chi connectivity index (χ0) is 24.4. The molecule has 0 radical (unpaired) electrons. The Kier molecular flexibility index (Phi) is 4.54. The van der Waals surface area contributed by atoms with Crippen LogP contribution in [0.15, 0.2) is 24.9 Å². The van der Waals surface area contributed by atoms with E-state index in [0.717, 1.165) is 60.9 Å². The Morgan fingerprint density at radius 1 is 1.06 bits per heavy atom. The summed E-state index contributed by atoms with van der Waals surface area (Å²) in [5.41, 5.74) is 11.0. The first-order valence-electron chi connectivity index (χ1n) is 12.2. The molecule has 0 spiro atoms. The number of carbonyl (C=O) groups is 1. The number of amides is 1. The van der Waals surface area contributed by atoms with Crippen molar-refractivity contribution in [2.45, 2.75) is 62.4 Å². The highest BCUT2D eigenvalue weighted by atomic mass is 16.2. The number of hydrogen-bond acceptors (Lipinski definition) is 9. The Morgan fingerprint density at radius 3 is 2.44 bits per heavy atom. The van der Waals surface area contributed by atoms with Crippen molar-refractivity contribution in [2.75, 3.05) is 5.73 Å². The van der Waals surface area contributed by atoms with Crippen molar-refractivity contribution in [1.29, 1.82) is 5.26 Å². The summed E-state index contributed by atoms with van der Waals surface area (Å²) in [5, 5.41) is 20.1. The van der Waals surface area contributed by atoms with Gasteiger partial charge in [0.05, 0.1) is 11.9 Å². The molecule has 3 fully saturated rings. The van der Waals surface area contributed by atoms with Crippen molar-refractivity contribution >= 4 is 17.4 Å². The molecule has 2 unspecified atom stereocenters. The Balaban J connectivity index is 1.28. The molecule has 12 heteroatoms. The van der Waals surface area contributed by atoms with E-state index in [-0.39, 0.29) is 29.7 Å². The first-order chi connectivity index (χ1) is 17.6. The average Bonchev–Trinajstić information content (AvgIpc) is 3.30. The summed E-state index contributed by atoms with van der Waals surface area (Å²) in [6.07, 6.45) is 12.1. The lowest BCUT2D eigenvalue weighted by molar-refractivity contribution is 0.0557. The molecule has 3 N–H and O–H groups in total. The molecule has 1 saturated carbocycles. The lowest BCUT2D eigenvalue weighted by Crippen LogP contribution is -2.46. The molecule has 2 saturated heterocycles. The molecule has 6 heterocycles. The summed E-state index contributed by atoms with van der Waals surface area (Å²) in [6, 6.07) is 2.21. The molecule has 36 heavy (non-hydrogen) atoms. The number of carbonyl (C=O) groups excluding carboxylic acids is 1. The van der Waals surface area contributed by atoms with Crippen molar-refractivity contribution in [3.63, 3.8) is 0 Å². The van der Waals surface area contributed by atoms with Gasteiger partial charge in [0.2, 0.25) is 11.6 Å². The van der Waals surface area contributed by atoms with Gasteiger partial charge in [-0.05, 0) is 44.4 Å². The van der Waals surface area contributed by atoms with E-state index >= 15 is 0 Å². The number of nitriles is 1. The second-order valence-electron chi connectivity index (χ2n) is 9.87. The molecule has 2 bridgehead atoms. The maximum atomic E-state index is 13.1. The molecule has 3 aliphatic rings. The molecule has 2 aliphatic heterocycles. The summed E-state index contributed by atoms with van der Waals surface area (Å²) in [7, 11) is 0. The SMILES string of the molecule is N#Cc1ncc(-c2cnn3c(N)c(C4CC4)c(C4CC5CCC(C4)N5C(=O)c4ncn[nH]4)nc23)cn1. The van der Waals surface area contributed by atoms with Crippen LogP contribution in [0.25, 0.3) is 16.8 Å². The van der Waals surface area contributed by atoms with Gasteiger partial charge in [0.15, 0.2) is 5.65 Å². The molecule has 4 aromatic heterocycles. The second kappa shape index (κ2) is 7.81. The first kappa shape index (κ1) is 20.9. The van der Waals surface area contributed by atoms with E-state index in [2.05, 4.69) is 30.2 Å². The molecular weight excluding hydrogens is 458 g/mol. The van der Waals surface area contributed by atoms with E-state index < -0.39 is 0 Å². The van der Waals surface area contributed by atoms with Crippen molar-refractivity contribution in [2.24, 2.45) is 0 Å². The molecule has 0 aromatic carbocycles. The minimum absolute atomic E-state index is 0.0808. The highest BCUT2D eigenvalue weighted by molar-refractivity contribution is 5.91. The van der Waals surface area contributed by atoms with Gasteiger partial charge in [-0.15, -0.1) is 0 Å². The lowest BCUT2D eigenvalue weighted by Gasteiger charge is -2.39. The van der Waals surface area contributed by atoms with E-state index in [1.54, 1.807) is 23.1 Å². The Labute approximate surface area is 205 Å². The van der Waals surface area contributed by atoms with Crippen LogP contribution in [0.3, 0.4) is 0 Å². The smallest absolute Gasteiger partial charge is 0.291 e. The summed E-state index contributed by atoms with van der Waals surface area (Å²) >= 11 is 0. The number of nitrogen functional groups attached to an aromatic ring is 1. The monoisotopic (exact) mass is 481 g/mol. The quantitative estimate of drug-likeness (QED) is 0.444. The van der Waals surface area contributed by atoms with Crippen LogP contribution >= 0.6 is 0 Å². The van der Waals surface area contributed by atoms with Crippen LogP contribution in [0.5, 0.6) is 0 Å². The van der Waals surface area contributed by atoms with E-state index in [1.807, 2.05) is 11.0 Å². The van der Waals surface area contributed by atoms with Crippen LogP contribution < -0.4 is 5.73 Å². The Hall–Kier alpha value is -4.40. The zero-order valence-electron chi connectivity index (χ0n) is 19.4. The van der Waals surface area contributed by atoms with E-state index in [0.29, 0.717) is 23.2 Å². The third-order valence-electron chi connectivity index (χ3n) is 7.77. The van der Waals surface area contributed by atoms with Gasteiger partial charge < -0.3 is 10.6 Å². The maximum Gasteiger partial charge on any atom is 0.291 e. The predicted octanol–water partition coefficient (Wildman–Crippen LogP) is 2.19. The minimum Gasteiger partial charge on any atom is -0.383 e. The van der Waals surface area contributed by atoms with Crippen molar-refractivity contribution in [1.82, 2.24) is 44.6 Å². The van der Waals surface area contributed by atoms with Crippen LogP contribution in [0, 0.1) is 11.3 Å². The van der Waals surface area contributed by atoms with Crippen LogP contribution in [0.1, 0.15) is 78.1 Å². The lowest BCUT2D eigenvalue weighted by atomic mass is 9.85. The average molecular weight is 482 g/mol. The van der Waals surface area contributed by atoms with Crippen LogP contribution in [-0.4, -0.2) is 62.6 Å². The van der Waals surface area contributed by atoms with Crippen LogP contribution in [0.2, 0.25) is 0 Å². The zero-order valence-corrected chi connectivity index (χ0v) is 19.4. The topological polar surface area (TPSA) is 168 Å². The largest absolute Gasteiger partial charge is 0.383 e. The fourth-order valence-electron chi connectivity index (χ4n) is 6.04. The van der Waals surface area contributed by atoms with Crippen molar-refractivity contribution < 1.29 is 4.79 Å². The van der Waals surface area contributed by atoms with Gasteiger partial charge in [-0.3, -0.25) is 9.89 Å². The van der Waals surface area contributed by atoms with Crippen molar-refractivity contribution in [3.05, 3.63) is 47.8 Å². The molecule has 4 aromatic rings. The molecule has 12 nitrogen and oxygen atoms in total. The number of nitrogens with two attached hydrogens (primary N) is 1. The highest BCUT2D eigenvalue weighted by Gasteiger charge is 2.46. The normalized spacial score (nSPS) is 23.2. The Bertz CT molecular complexity index is 1500. The van der Waals surface area contributed by atoms with Gasteiger partial charge in [-0.25, -0.2) is 19.9 Å². The van der Waals surface area contributed by atoms with Crippen molar-refractivity contribution in [3.8, 4) is 17.2 Å². The molecule has 1 amide bonds. The van der Waals surface area contributed by atoms with Crippen LogP contribution in [0.4, 0.5) is 5.82 Å². The van der Waals surface area contributed by atoms with E-state index in [1.165, 1.54) is 6.33 Å². The molecule has 7 rings (SSSR count). The van der Waals surface area contributed by atoms with Gasteiger partial charge in [0, 0.05) is 47.1 Å². The number of nitrogens with one attached hydrogen (secondary N) is 1. The number of nitrogens with zero attached hydrogens (tertiary/aromatic N) is 9. The van der Waals surface area contributed by atoms with Crippen LogP contribution in [-0.2, 0) is 0 Å². The number of aromatic amines is 1. The first-order valence-corrected chi connectivity index (χ1v) is 12.2. The van der Waals surface area contributed by atoms with Gasteiger partial charge in [-0.2, -0.15) is 20.0 Å². The minimum atomic E-state index is -0.0808. The molecule has 180 valence electrons.